The van der Waals surface area contributed by atoms with E-state index in [4.69, 9.17) is 10.5 Å². The molecule has 0 fully saturated rings. The molecule has 0 unspecified atom stereocenters. The maximum atomic E-state index is 12.9. The zero-order valence-corrected chi connectivity index (χ0v) is 12.0. The van der Waals surface area contributed by atoms with Gasteiger partial charge in [0.1, 0.15) is 17.0 Å². The van der Waals surface area contributed by atoms with Crippen LogP contribution in [-0.2, 0) is 15.1 Å². The summed E-state index contributed by atoms with van der Waals surface area (Å²) in [6.07, 6.45) is -0.775. The number of carbonyl (C=O) groups is 2. The Morgan fingerprint density at radius 3 is 2.05 bits per heavy atom. The number of ether oxygens (including phenoxy) is 1. The summed E-state index contributed by atoms with van der Waals surface area (Å²) in [4.78, 5) is 23.5. The molecule has 0 aliphatic carbocycles. The summed E-state index contributed by atoms with van der Waals surface area (Å²) in [7, 11) is 0. The van der Waals surface area contributed by atoms with Crippen LogP contribution in [0.5, 0.6) is 0 Å². The van der Waals surface area contributed by atoms with Gasteiger partial charge in [0.2, 0.25) is 5.91 Å². The van der Waals surface area contributed by atoms with Crippen molar-refractivity contribution in [2.24, 2.45) is 5.73 Å². The molecule has 1 rings (SSSR count). The predicted octanol–water partition coefficient (Wildman–Crippen LogP) is 2.05. The molecule has 0 aromatic heterocycles. The highest BCUT2D eigenvalue weighted by Crippen LogP contribution is 2.21. The smallest absolute Gasteiger partial charge is 0.408 e. The first-order valence-corrected chi connectivity index (χ1v) is 6.12. The highest BCUT2D eigenvalue weighted by Gasteiger charge is 2.36. The van der Waals surface area contributed by atoms with Crippen LogP contribution in [0.1, 0.15) is 33.3 Å². The molecule has 110 valence electrons. The van der Waals surface area contributed by atoms with Gasteiger partial charge >= 0.3 is 6.09 Å². The summed E-state index contributed by atoms with van der Waals surface area (Å²) in [5.41, 5.74) is 3.54. The third kappa shape index (κ3) is 3.94. The molecule has 1 aromatic rings. The van der Waals surface area contributed by atoms with Crippen LogP contribution >= 0.6 is 0 Å². The fourth-order valence-electron chi connectivity index (χ4n) is 1.57. The molecule has 1 aromatic carbocycles. The molecular formula is C14H19FN2O3. The van der Waals surface area contributed by atoms with E-state index in [0.29, 0.717) is 5.56 Å². The predicted molar refractivity (Wildman–Crippen MR) is 72.3 cm³/mol. The van der Waals surface area contributed by atoms with Crippen molar-refractivity contribution >= 4 is 12.0 Å². The molecule has 0 aliphatic heterocycles. The van der Waals surface area contributed by atoms with Gasteiger partial charge in [-0.3, -0.25) is 4.79 Å². The van der Waals surface area contributed by atoms with Crippen molar-refractivity contribution in [3.8, 4) is 0 Å². The molecule has 3 N–H and O–H groups in total. The van der Waals surface area contributed by atoms with Crippen LogP contribution in [-0.4, -0.2) is 17.6 Å². The average molecular weight is 282 g/mol. The monoisotopic (exact) mass is 282 g/mol. The molecule has 0 spiro atoms. The van der Waals surface area contributed by atoms with Crippen molar-refractivity contribution in [2.45, 2.75) is 38.8 Å². The zero-order chi connectivity index (χ0) is 15.6. The lowest BCUT2D eigenvalue weighted by molar-refractivity contribution is -0.124. The topological polar surface area (TPSA) is 81.4 Å². The summed E-state index contributed by atoms with van der Waals surface area (Å²) in [6, 6.07) is 5.15. The number of hydrogen-bond acceptors (Lipinski definition) is 3. The average Bonchev–Trinajstić information content (AvgIpc) is 2.26. The van der Waals surface area contributed by atoms with E-state index in [1.807, 2.05) is 0 Å². The van der Waals surface area contributed by atoms with E-state index in [0.717, 1.165) is 0 Å². The minimum absolute atomic E-state index is 0.372. The molecule has 0 aliphatic rings. The SMILES string of the molecule is CC(C)(C)OC(=O)N[C@@](C)(C(N)=O)c1ccc(F)cc1. The second-order valence-electron chi connectivity index (χ2n) is 5.62. The molecule has 0 bridgehead atoms. The van der Waals surface area contributed by atoms with Crippen LogP contribution < -0.4 is 11.1 Å². The van der Waals surface area contributed by atoms with Crippen molar-refractivity contribution in [3.63, 3.8) is 0 Å². The first-order valence-electron chi connectivity index (χ1n) is 6.12. The van der Waals surface area contributed by atoms with Gasteiger partial charge < -0.3 is 15.8 Å². The van der Waals surface area contributed by atoms with Crippen molar-refractivity contribution in [1.82, 2.24) is 5.32 Å². The number of amides is 2. The number of carbonyl (C=O) groups excluding carboxylic acids is 2. The summed E-state index contributed by atoms with van der Waals surface area (Å²) in [6.45, 7) is 6.54. The second-order valence-corrected chi connectivity index (χ2v) is 5.62. The zero-order valence-electron chi connectivity index (χ0n) is 12.0. The van der Waals surface area contributed by atoms with Crippen LogP contribution in [0.3, 0.4) is 0 Å². The lowest BCUT2D eigenvalue weighted by atomic mass is 9.91. The van der Waals surface area contributed by atoms with Crippen LogP contribution in [0.15, 0.2) is 24.3 Å². The summed E-state index contributed by atoms with van der Waals surface area (Å²) in [5.74, 6) is -1.21. The first-order chi connectivity index (χ1) is 9.04. The quantitative estimate of drug-likeness (QED) is 0.890. The normalized spacial score (nSPS) is 14.2. The fourth-order valence-corrected chi connectivity index (χ4v) is 1.57. The molecule has 0 saturated carbocycles. The number of benzene rings is 1. The third-order valence-corrected chi connectivity index (χ3v) is 2.67. The number of halogens is 1. The van der Waals surface area contributed by atoms with Gasteiger partial charge in [0, 0.05) is 0 Å². The number of alkyl carbamates (subject to hydrolysis) is 1. The van der Waals surface area contributed by atoms with Gasteiger partial charge in [-0.25, -0.2) is 9.18 Å². The molecule has 0 saturated heterocycles. The summed E-state index contributed by atoms with van der Waals surface area (Å²) >= 11 is 0. The number of nitrogens with two attached hydrogens (primary N) is 1. The highest BCUT2D eigenvalue weighted by atomic mass is 19.1. The van der Waals surface area contributed by atoms with Crippen LogP contribution in [0.2, 0.25) is 0 Å². The minimum Gasteiger partial charge on any atom is -0.444 e. The van der Waals surface area contributed by atoms with Gasteiger partial charge in [0.15, 0.2) is 0 Å². The number of primary amides is 1. The van der Waals surface area contributed by atoms with E-state index in [1.54, 1.807) is 20.8 Å². The van der Waals surface area contributed by atoms with Gasteiger partial charge in [-0.15, -0.1) is 0 Å². The Balaban J connectivity index is 3.01. The number of nitrogens with one attached hydrogen (secondary N) is 1. The molecule has 0 radical (unpaired) electrons. The van der Waals surface area contributed by atoms with Crippen LogP contribution in [0, 0.1) is 5.82 Å². The van der Waals surface area contributed by atoms with E-state index in [2.05, 4.69) is 5.32 Å². The molecule has 2 amide bonds. The van der Waals surface area contributed by atoms with Gasteiger partial charge in [-0.1, -0.05) is 12.1 Å². The largest absolute Gasteiger partial charge is 0.444 e. The van der Waals surface area contributed by atoms with Crippen molar-refractivity contribution in [2.75, 3.05) is 0 Å². The molecule has 6 heteroatoms. The Bertz CT molecular complexity index is 508. The highest BCUT2D eigenvalue weighted by molar-refractivity contribution is 5.89. The lowest BCUT2D eigenvalue weighted by Gasteiger charge is -2.29. The third-order valence-electron chi connectivity index (χ3n) is 2.67. The summed E-state index contributed by atoms with van der Waals surface area (Å²) in [5, 5.41) is 2.43. The van der Waals surface area contributed by atoms with Crippen molar-refractivity contribution in [1.29, 1.82) is 0 Å². The van der Waals surface area contributed by atoms with Crippen LogP contribution in [0.4, 0.5) is 9.18 Å². The Hall–Kier alpha value is -2.11. The number of hydrogen-bond donors (Lipinski definition) is 2. The maximum Gasteiger partial charge on any atom is 0.408 e. The Morgan fingerprint density at radius 1 is 1.15 bits per heavy atom. The van der Waals surface area contributed by atoms with Gasteiger partial charge in [-0.2, -0.15) is 0 Å². The fraction of sp³-hybridized carbons (Fsp3) is 0.429. The van der Waals surface area contributed by atoms with E-state index >= 15 is 0 Å². The van der Waals surface area contributed by atoms with E-state index < -0.39 is 29.0 Å². The Kier molecular flexibility index (Phi) is 4.37. The molecule has 0 heterocycles. The summed E-state index contributed by atoms with van der Waals surface area (Å²) < 4.78 is 18.0. The molecule has 5 nitrogen and oxygen atoms in total. The van der Waals surface area contributed by atoms with Gasteiger partial charge in [-0.05, 0) is 45.4 Å². The second kappa shape index (κ2) is 5.48. The van der Waals surface area contributed by atoms with Gasteiger partial charge in [0.05, 0.1) is 0 Å². The van der Waals surface area contributed by atoms with Crippen molar-refractivity contribution < 1.29 is 18.7 Å². The van der Waals surface area contributed by atoms with E-state index in [9.17, 15) is 14.0 Å². The number of rotatable bonds is 3. The van der Waals surface area contributed by atoms with Crippen LogP contribution in [0.25, 0.3) is 0 Å². The van der Waals surface area contributed by atoms with E-state index in [1.165, 1.54) is 31.2 Å². The molecule has 1 atom stereocenters. The van der Waals surface area contributed by atoms with E-state index in [-0.39, 0.29) is 0 Å². The van der Waals surface area contributed by atoms with Gasteiger partial charge in [0.25, 0.3) is 0 Å². The first kappa shape index (κ1) is 15.9. The molecular weight excluding hydrogens is 263 g/mol. The molecule has 20 heavy (non-hydrogen) atoms. The van der Waals surface area contributed by atoms with Crippen molar-refractivity contribution in [3.05, 3.63) is 35.6 Å². The minimum atomic E-state index is -1.48. The lowest BCUT2D eigenvalue weighted by Crippen LogP contribution is -2.53. The standard InChI is InChI=1S/C14H19FN2O3/c1-13(2,3)20-12(19)17-14(4,11(16)18)9-5-7-10(15)8-6-9/h5-8H,1-4H3,(H2,16,18)(H,17,19)/t14-/m1/s1. The Morgan fingerprint density at radius 2 is 1.65 bits per heavy atom. The maximum absolute atomic E-state index is 12.9. The Labute approximate surface area is 117 Å².